The number of benzene rings is 1. The first kappa shape index (κ1) is 28.8. The number of rotatable bonds is 4. The quantitative estimate of drug-likeness (QED) is 0.458. The summed E-state index contributed by atoms with van der Waals surface area (Å²) in [6.45, 7) is 7.46. The Balaban J connectivity index is 1.64. The van der Waals surface area contributed by atoms with Crippen LogP contribution in [0.1, 0.15) is 68.1 Å². The van der Waals surface area contributed by atoms with E-state index in [0.717, 1.165) is 31.7 Å². The summed E-state index contributed by atoms with van der Waals surface area (Å²) in [6, 6.07) is 6.72. The van der Waals surface area contributed by atoms with Gasteiger partial charge >= 0.3 is 12.3 Å². The summed E-state index contributed by atoms with van der Waals surface area (Å²) in [5.41, 5.74) is -1.68. The molecule has 0 radical (unpaired) electrons. The van der Waals surface area contributed by atoms with Crippen LogP contribution in [0.3, 0.4) is 0 Å². The molecule has 212 valence electrons. The number of ether oxygens (including phenoxy) is 1. The average molecular weight is 567 g/mol. The predicted octanol–water partition coefficient (Wildman–Crippen LogP) is 6.43. The van der Waals surface area contributed by atoms with Crippen molar-refractivity contribution in [2.75, 3.05) is 29.6 Å². The van der Waals surface area contributed by atoms with Gasteiger partial charge in [0.1, 0.15) is 11.4 Å². The van der Waals surface area contributed by atoms with Gasteiger partial charge in [0.25, 0.3) is 5.91 Å². The second-order valence-corrected chi connectivity index (χ2v) is 13.6. The van der Waals surface area contributed by atoms with Crippen molar-refractivity contribution >= 4 is 33.2 Å². The van der Waals surface area contributed by atoms with Crippen LogP contribution in [0.15, 0.2) is 39.6 Å². The lowest BCUT2D eigenvalue weighted by Crippen LogP contribution is -2.36. The molecule has 1 saturated heterocycles. The minimum Gasteiger partial charge on any atom is -0.442 e. The molecule has 0 bridgehead atoms. The first-order valence-corrected chi connectivity index (χ1v) is 14.6. The van der Waals surface area contributed by atoms with E-state index in [1.807, 2.05) is 4.90 Å². The first-order valence-electron chi connectivity index (χ1n) is 12.7. The number of nitrogens with one attached hydrogen (secondary N) is 1. The standard InChI is InChI=1S/C27H33F3N4O4S/c1-17-21(27(28,29)30)16-20(22(31-17)34-13-11-26(9-10-26)12-14-34)23(35)32-18-7-6-8-19(15-18)39(5,37)33-24(36)38-25(2,3)4/h6-8,15-16H,9-14H2,1-5H3,(H,32,35). The fraction of sp³-hybridized carbons (Fsp3) is 0.519. The van der Waals surface area contributed by atoms with Crippen LogP contribution in [-0.4, -0.2) is 46.1 Å². The fourth-order valence-corrected chi connectivity index (χ4v) is 5.74. The molecule has 1 aliphatic carbocycles. The first-order chi connectivity index (χ1) is 18.0. The number of alkyl halides is 3. The number of halogens is 3. The van der Waals surface area contributed by atoms with Gasteiger partial charge in [-0.3, -0.25) is 4.79 Å². The van der Waals surface area contributed by atoms with Crippen molar-refractivity contribution in [3.8, 4) is 0 Å². The topological polar surface area (TPSA) is 101 Å². The molecule has 12 heteroatoms. The molecule has 1 spiro atoms. The molecular formula is C27H33F3N4O4S. The van der Waals surface area contributed by atoms with Gasteiger partial charge in [-0.25, -0.2) is 14.0 Å². The monoisotopic (exact) mass is 566 g/mol. The molecule has 1 aromatic carbocycles. The van der Waals surface area contributed by atoms with Crippen molar-refractivity contribution in [3.05, 3.63) is 47.2 Å². The minimum atomic E-state index is -4.68. The number of aryl methyl sites for hydroxylation is 1. The molecule has 2 fully saturated rings. The third-order valence-corrected chi connectivity index (χ3v) is 8.62. The van der Waals surface area contributed by atoms with Crippen LogP contribution in [0.4, 0.5) is 29.5 Å². The van der Waals surface area contributed by atoms with Crippen molar-refractivity contribution in [3.63, 3.8) is 0 Å². The molecule has 2 amide bonds. The zero-order chi connectivity index (χ0) is 28.8. The lowest BCUT2D eigenvalue weighted by molar-refractivity contribution is -0.138. The summed E-state index contributed by atoms with van der Waals surface area (Å²) < 4.78 is 63.2. The van der Waals surface area contributed by atoms with Gasteiger partial charge < -0.3 is 15.0 Å². The molecule has 1 N–H and O–H groups in total. The van der Waals surface area contributed by atoms with Gasteiger partial charge in [0.15, 0.2) is 0 Å². The van der Waals surface area contributed by atoms with Crippen LogP contribution < -0.4 is 10.2 Å². The van der Waals surface area contributed by atoms with E-state index >= 15 is 0 Å². The number of carbonyl (C=O) groups is 2. The van der Waals surface area contributed by atoms with E-state index in [9.17, 15) is 27.0 Å². The number of pyridine rings is 1. The van der Waals surface area contributed by atoms with E-state index < -0.39 is 39.1 Å². The minimum absolute atomic E-state index is 0.148. The zero-order valence-corrected chi connectivity index (χ0v) is 23.5. The van der Waals surface area contributed by atoms with E-state index in [4.69, 9.17) is 4.74 Å². The highest BCUT2D eigenvalue weighted by atomic mass is 32.2. The third-order valence-electron chi connectivity index (χ3n) is 7.00. The summed E-state index contributed by atoms with van der Waals surface area (Å²) in [5.74, 6) is -0.567. The van der Waals surface area contributed by atoms with E-state index in [2.05, 4.69) is 14.7 Å². The number of carbonyl (C=O) groups excluding carboxylic acids is 2. The van der Waals surface area contributed by atoms with Gasteiger partial charge in [-0.2, -0.15) is 13.2 Å². The SMILES string of the molecule is Cc1nc(N2CCC3(CC2)CC3)c(C(=O)Nc2cccc(S(C)(=O)=NC(=O)OC(C)(C)C)c2)cc1C(F)(F)F. The van der Waals surface area contributed by atoms with Crippen molar-refractivity contribution < 1.29 is 31.7 Å². The summed E-state index contributed by atoms with van der Waals surface area (Å²) in [4.78, 5) is 31.8. The molecule has 8 nitrogen and oxygen atoms in total. The summed E-state index contributed by atoms with van der Waals surface area (Å²) >= 11 is 0. The van der Waals surface area contributed by atoms with Crippen LogP contribution >= 0.6 is 0 Å². The van der Waals surface area contributed by atoms with E-state index in [-0.39, 0.29) is 27.7 Å². The number of nitrogens with zero attached hydrogens (tertiary/aromatic N) is 3. The highest BCUT2D eigenvalue weighted by molar-refractivity contribution is 7.93. The number of aromatic nitrogens is 1. The van der Waals surface area contributed by atoms with Gasteiger partial charge in [0.05, 0.1) is 26.5 Å². The summed E-state index contributed by atoms with van der Waals surface area (Å²) in [5, 5.41) is 2.61. The van der Waals surface area contributed by atoms with Gasteiger partial charge in [-0.05, 0) is 83.1 Å². The number of piperidine rings is 1. The van der Waals surface area contributed by atoms with Crippen LogP contribution in [0.2, 0.25) is 0 Å². The number of hydrogen-bond donors (Lipinski definition) is 1. The fourth-order valence-electron chi connectivity index (χ4n) is 4.64. The van der Waals surface area contributed by atoms with Crippen molar-refractivity contribution in [1.29, 1.82) is 0 Å². The Kier molecular flexibility index (Phi) is 7.48. The molecule has 1 aromatic heterocycles. The molecule has 39 heavy (non-hydrogen) atoms. The number of anilines is 2. The molecule has 1 atom stereocenters. The van der Waals surface area contributed by atoms with E-state index in [1.54, 1.807) is 20.8 Å². The molecule has 2 aliphatic rings. The molecule has 2 aromatic rings. The average Bonchev–Trinajstić information content (AvgIpc) is 3.55. The molecule has 1 saturated carbocycles. The third kappa shape index (κ3) is 6.90. The van der Waals surface area contributed by atoms with Crippen LogP contribution in [0.25, 0.3) is 0 Å². The zero-order valence-electron chi connectivity index (χ0n) is 22.6. The second-order valence-electron chi connectivity index (χ2n) is 11.3. The Labute approximate surface area is 226 Å². The number of hydrogen-bond acceptors (Lipinski definition) is 6. The Hall–Kier alpha value is -3.15. The van der Waals surface area contributed by atoms with Gasteiger partial charge in [-0.15, -0.1) is 4.36 Å². The van der Waals surface area contributed by atoms with Crippen molar-refractivity contribution in [1.82, 2.24) is 4.98 Å². The van der Waals surface area contributed by atoms with E-state index in [1.165, 1.54) is 37.4 Å². The lowest BCUT2D eigenvalue weighted by atomic mass is 9.93. The highest BCUT2D eigenvalue weighted by Crippen LogP contribution is 2.54. The normalized spacial score (nSPS) is 18.3. The summed E-state index contributed by atoms with van der Waals surface area (Å²) in [6.07, 6.45) is -0.280. The van der Waals surface area contributed by atoms with Crippen LogP contribution in [0.5, 0.6) is 0 Å². The maximum atomic E-state index is 13.7. The van der Waals surface area contributed by atoms with Gasteiger partial charge in [0, 0.05) is 29.9 Å². The van der Waals surface area contributed by atoms with Crippen molar-refractivity contribution in [2.24, 2.45) is 9.78 Å². The Bertz CT molecular complexity index is 1410. The Morgan fingerprint density at radius 2 is 1.74 bits per heavy atom. The summed E-state index contributed by atoms with van der Waals surface area (Å²) in [7, 11) is -3.24. The molecule has 2 heterocycles. The second kappa shape index (κ2) is 10.1. The highest BCUT2D eigenvalue weighted by Gasteiger charge is 2.45. The van der Waals surface area contributed by atoms with Gasteiger partial charge in [-0.1, -0.05) is 6.07 Å². The molecule has 1 aliphatic heterocycles. The Morgan fingerprint density at radius 3 is 2.31 bits per heavy atom. The lowest BCUT2D eigenvalue weighted by Gasteiger charge is -2.34. The van der Waals surface area contributed by atoms with Crippen molar-refractivity contribution in [2.45, 2.75) is 70.1 Å². The largest absolute Gasteiger partial charge is 0.442 e. The molecule has 4 rings (SSSR count). The maximum absolute atomic E-state index is 13.7. The van der Waals surface area contributed by atoms with E-state index in [0.29, 0.717) is 18.5 Å². The Morgan fingerprint density at radius 1 is 1.10 bits per heavy atom. The van der Waals surface area contributed by atoms with Crippen LogP contribution in [-0.2, 0) is 20.6 Å². The maximum Gasteiger partial charge on any atom is 0.442 e. The smallest absolute Gasteiger partial charge is 0.442 e. The van der Waals surface area contributed by atoms with Gasteiger partial charge in [0.2, 0.25) is 0 Å². The molecular weight excluding hydrogens is 533 g/mol. The predicted molar refractivity (Wildman–Crippen MR) is 142 cm³/mol. The van der Waals surface area contributed by atoms with Crippen LogP contribution in [0, 0.1) is 12.3 Å². The molecule has 1 unspecified atom stereocenters. The number of amides is 2.